The van der Waals surface area contributed by atoms with E-state index in [1.54, 1.807) is 12.1 Å². The van der Waals surface area contributed by atoms with Crippen molar-refractivity contribution in [2.75, 3.05) is 6.54 Å². The van der Waals surface area contributed by atoms with E-state index in [9.17, 15) is 8.42 Å². The zero-order chi connectivity index (χ0) is 13.7. The lowest BCUT2D eigenvalue weighted by molar-refractivity contribution is 0.380. The topological polar surface area (TPSA) is 100 Å². The van der Waals surface area contributed by atoms with Crippen LogP contribution in [0.15, 0.2) is 33.9 Å². The second-order valence-corrected chi connectivity index (χ2v) is 5.71. The van der Waals surface area contributed by atoms with E-state index in [0.29, 0.717) is 12.3 Å². The van der Waals surface area contributed by atoms with Crippen LogP contribution in [0.1, 0.15) is 18.4 Å². The molecule has 0 aliphatic carbocycles. The number of aromatic amines is 1. The first-order valence-electron chi connectivity index (χ1n) is 5.89. The van der Waals surface area contributed by atoms with Crippen LogP contribution in [-0.4, -0.2) is 25.1 Å². The summed E-state index contributed by atoms with van der Waals surface area (Å²) in [6, 6.07) is 3.21. The highest BCUT2D eigenvalue weighted by atomic mass is 32.2. The number of H-pyrrole nitrogens is 1. The molecular formula is C11H16N4O3S. The van der Waals surface area contributed by atoms with E-state index in [1.807, 2.05) is 6.92 Å². The van der Waals surface area contributed by atoms with E-state index >= 15 is 0 Å². The number of hydrogen-bond acceptors (Lipinski definition) is 5. The molecule has 0 fully saturated rings. The summed E-state index contributed by atoms with van der Waals surface area (Å²) in [7, 11) is -3.54. The first kappa shape index (κ1) is 13.8. The summed E-state index contributed by atoms with van der Waals surface area (Å²) in [6.45, 7) is 3.49. The molecule has 104 valence electrons. The summed E-state index contributed by atoms with van der Waals surface area (Å²) in [6.07, 6.45) is 2.93. The van der Waals surface area contributed by atoms with Crippen LogP contribution in [0.4, 0.5) is 0 Å². The molecule has 0 aromatic carbocycles. The van der Waals surface area contributed by atoms with Crippen LogP contribution in [0, 0.1) is 0 Å². The van der Waals surface area contributed by atoms with Gasteiger partial charge in [-0.15, -0.1) is 0 Å². The van der Waals surface area contributed by atoms with Crippen molar-refractivity contribution in [3.8, 4) is 0 Å². The van der Waals surface area contributed by atoms with Crippen LogP contribution in [-0.2, 0) is 23.1 Å². The number of rotatable bonds is 7. The molecule has 0 amide bonds. The van der Waals surface area contributed by atoms with Crippen molar-refractivity contribution in [3.63, 3.8) is 0 Å². The molecule has 2 heterocycles. The zero-order valence-corrected chi connectivity index (χ0v) is 11.3. The number of hydrogen-bond donors (Lipinski definition) is 3. The fourth-order valence-corrected chi connectivity index (χ4v) is 2.53. The Morgan fingerprint density at radius 1 is 1.42 bits per heavy atom. The van der Waals surface area contributed by atoms with Crippen molar-refractivity contribution in [2.24, 2.45) is 0 Å². The van der Waals surface area contributed by atoms with Crippen molar-refractivity contribution >= 4 is 10.0 Å². The van der Waals surface area contributed by atoms with E-state index < -0.39 is 10.0 Å². The van der Waals surface area contributed by atoms with Crippen molar-refractivity contribution in [1.29, 1.82) is 0 Å². The molecule has 0 aliphatic heterocycles. The summed E-state index contributed by atoms with van der Waals surface area (Å²) in [5.74, 6) is 0.465. The van der Waals surface area contributed by atoms with Gasteiger partial charge in [0, 0.05) is 24.5 Å². The highest BCUT2D eigenvalue weighted by Gasteiger charge is 2.16. The van der Waals surface area contributed by atoms with Crippen LogP contribution in [0.2, 0.25) is 0 Å². The molecule has 0 aliphatic rings. The maximum absolute atomic E-state index is 12.0. The molecule has 19 heavy (non-hydrogen) atoms. The van der Waals surface area contributed by atoms with E-state index in [-0.39, 0.29) is 11.4 Å². The Hall–Kier alpha value is -1.64. The average Bonchev–Trinajstić information content (AvgIpc) is 3.05. The summed E-state index contributed by atoms with van der Waals surface area (Å²) >= 11 is 0. The third kappa shape index (κ3) is 3.66. The van der Waals surface area contributed by atoms with Crippen molar-refractivity contribution in [2.45, 2.75) is 24.9 Å². The Bertz CT molecular complexity index is 604. The average molecular weight is 284 g/mol. The molecule has 3 N–H and O–H groups in total. The highest BCUT2D eigenvalue weighted by Crippen LogP contribution is 2.11. The molecule has 0 atom stereocenters. The minimum atomic E-state index is -3.54. The standard InChI is InChI=1S/C11H16N4O3S/c1-2-12-6-9-5-11(8-13-9)19(16,17)15-7-10-3-4-14-18-10/h3-5,8,12-13,15H,2,6-7H2,1H3. The number of sulfonamides is 1. The zero-order valence-electron chi connectivity index (χ0n) is 10.5. The van der Waals surface area contributed by atoms with Crippen molar-refractivity contribution in [3.05, 3.63) is 36.0 Å². The van der Waals surface area contributed by atoms with Gasteiger partial charge in [0.2, 0.25) is 10.0 Å². The SMILES string of the molecule is CCNCc1cc(S(=O)(=O)NCc2ccno2)c[nH]1. The lowest BCUT2D eigenvalue weighted by Gasteiger charge is -2.01. The van der Waals surface area contributed by atoms with Gasteiger partial charge in [0.1, 0.15) is 0 Å². The maximum atomic E-state index is 12.0. The molecule has 0 radical (unpaired) electrons. The minimum Gasteiger partial charge on any atom is -0.363 e. The van der Waals surface area contributed by atoms with E-state index in [2.05, 4.69) is 20.2 Å². The Morgan fingerprint density at radius 2 is 2.26 bits per heavy atom. The molecular weight excluding hydrogens is 268 g/mol. The molecule has 2 aromatic heterocycles. The molecule has 0 bridgehead atoms. The summed E-state index contributed by atoms with van der Waals surface area (Å²) in [4.78, 5) is 3.13. The van der Waals surface area contributed by atoms with Gasteiger partial charge >= 0.3 is 0 Å². The van der Waals surface area contributed by atoms with Crippen LogP contribution in [0.5, 0.6) is 0 Å². The smallest absolute Gasteiger partial charge is 0.242 e. The van der Waals surface area contributed by atoms with Crippen LogP contribution in [0.3, 0.4) is 0 Å². The van der Waals surface area contributed by atoms with E-state index in [4.69, 9.17) is 4.52 Å². The fourth-order valence-electron chi connectivity index (χ4n) is 1.52. The number of nitrogens with zero attached hydrogens (tertiary/aromatic N) is 1. The molecule has 2 aromatic rings. The van der Waals surface area contributed by atoms with Crippen molar-refractivity contribution in [1.82, 2.24) is 20.2 Å². The van der Waals surface area contributed by atoms with Gasteiger partial charge in [0.15, 0.2) is 5.76 Å². The lowest BCUT2D eigenvalue weighted by atomic mass is 10.4. The maximum Gasteiger partial charge on any atom is 0.242 e. The van der Waals surface area contributed by atoms with Gasteiger partial charge in [-0.1, -0.05) is 12.1 Å². The third-order valence-corrected chi connectivity index (χ3v) is 3.90. The fraction of sp³-hybridized carbons (Fsp3) is 0.364. The van der Waals surface area contributed by atoms with Gasteiger partial charge in [0.05, 0.1) is 17.6 Å². The summed E-state index contributed by atoms with van der Waals surface area (Å²) in [5, 5.41) is 6.62. The monoisotopic (exact) mass is 284 g/mol. The lowest BCUT2D eigenvalue weighted by Crippen LogP contribution is -2.22. The van der Waals surface area contributed by atoms with Gasteiger partial charge in [-0.2, -0.15) is 0 Å². The van der Waals surface area contributed by atoms with Crippen LogP contribution < -0.4 is 10.0 Å². The molecule has 2 rings (SSSR count). The summed E-state index contributed by atoms with van der Waals surface area (Å²) in [5.41, 5.74) is 0.821. The summed E-state index contributed by atoms with van der Waals surface area (Å²) < 4.78 is 31.3. The second kappa shape index (κ2) is 6.00. The van der Waals surface area contributed by atoms with Crippen molar-refractivity contribution < 1.29 is 12.9 Å². The third-order valence-electron chi connectivity index (χ3n) is 2.52. The Kier molecular flexibility index (Phi) is 4.35. The number of aromatic nitrogens is 2. The van der Waals surface area contributed by atoms with E-state index in [0.717, 1.165) is 12.2 Å². The van der Waals surface area contributed by atoms with Gasteiger partial charge in [0.25, 0.3) is 0 Å². The quantitative estimate of drug-likeness (QED) is 0.691. The molecule has 0 spiro atoms. The predicted molar refractivity (Wildman–Crippen MR) is 68.7 cm³/mol. The van der Waals surface area contributed by atoms with Crippen LogP contribution >= 0.6 is 0 Å². The second-order valence-electron chi connectivity index (χ2n) is 3.94. The molecule has 0 unspecified atom stereocenters. The Morgan fingerprint density at radius 3 is 2.95 bits per heavy atom. The number of nitrogens with one attached hydrogen (secondary N) is 3. The molecule has 0 saturated carbocycles. The molecule has 8 heteroatoms. The first-order chi connectivity index (χ1) is 9.12. The molecule has 7 nitrogen and oxygen atoms in total. The predicted octanol–water partition coefficient (Wildman–Crippen LogP) is 0.591. The largest absolute Gasteiger partial charge is 0.363 e. The normalized spacial score (nSPS) is 11.8. The first-order valence-corrected chi connectivity index (χ1v) is 7.37. The van der Waals surface area contributed by atoms with Gasteiger partial charge in [-0.25, -0.2) is 13.1 Å². The van der Waals surface area contributed by atoms with Crippen LogP contribution in [0.25, 0.3) is 0 Å². The Balaban J connectivity index is 2.00. The van der Waals surface area contributed by atoms with E-state index in [1.165, 1.54) is 12.4 Å². The highest BCUT2D eigenvalue weighted by molar-refractivity contribution is 7.89. The minimum absolute atomic E-state index is 0.0794. The van der Waals surface area contributed by atoms with Gasteiger partial charge < -0.3 is 14.8 Å². The van der Waals surface area contributed by atoms with Gasteiger partial charge in [-0.05, 0) is 12.6 Å². The Labute approximate surface area is 111 Å². The van der Waals surface area contributed by atoms with Gasteiger partial charge in [-0.3, -0.25) is 0 Å². The molecule has 0 saturated heterocycles.